The molecule has 0 aromatic carbocycles. The van der Waals surface area contributed by atoms with Crippen LogP contribution in [0.15, 0.2) is 24.5 Å². The van der Waals surface area contributed by atoms with Crippen molar-refractivity contribution in [1.82, 2.24) is 15.3 Å². The number of nitrogens with one attached hydrogen (secondary N) is 2. The smallest absolute Gasteiger partial charge is 0.310 e. The van der Waals surface area contributed by atoms with Crippen molar-refractivity contribution in [2.75, 3.05) is 7.11 Å². The van der Waals surface area contributed by atoms with Gasteiger partial charge in [0.25, 0.3) is 0 Å². The third kappa shape index (κ3) is 3.91. The van der Waals surface area contributed by atoms with Gasteiger partial charge in [-0.2, -0.15) is 0 Å². The third-order valence-corrected chi connectivity index (χ3v) is 4.13. The van der Waals surface area contributed by atoms with E-state index in [1.54, 1.807) is 17.5 Å². The number of hydrogen-bond donors (Lipinski definition) is 2. The number of imidazole rings is 1. The average Bonchev–Trinajstić information content (AvgIpc) is 3.11. The molecule has 0 aliphatic carbocycles. The van der Waals surface area contributed by atoms with Crippen molar-refractivity contribution >= 4 is 17.3 Å². The van der Waals surface area contributed by atoms with Crippen molar-refractivity contribution in [3.05, 3.63) is 40.1 Å². The number of rotatable bonds is 7. The summed E-state index contributed by atoms with van der Waals surface area (Å²) >= 11 is 1.63. The lowest BCUT2D eigenvalue weighted by Crippen LogP contribution is -2.20. The predicted molar refractivity (Wildman–Crippen MR) is 78.5 cm³/mol. The Hall–Kier alpha value is -1.66. The predicted octanol–water partition coefficient (Wildman–Crippen LogP) is 2.43. The van der Waals surface area contributed by atoms with Crippen molar-refractivity contribution in [3.63, 3.8) is 0 Å². The van der Waals surface area contributed by atoms with Gasteiger partial charge in [0, 0.05) is 28.7 Å². The molecule has 2 aromatic rings. The van der Waals surface area contributed by atoms with Gasteiger partial charge in [0.1, 0.15) is 5.82 Å². The number of carbonyl (C=O) groups excluding carboxylic acids is 1. The second kappa shape index (κ2) is 7.21. The Bertz CT molecular complexity index is 536. The summed E-state index contributed by atoms with van der Waals surface area (Å²) in [5.74, 6) is 0.757. The molecule has 0 fully saturated rings. The van der Waals surface area contributed by atoms with Crippen molar-refractivity contribution in [2.45, 2.75) is 32.4 Å². The minimum atomic E-state index is -0.201. The molecule has 0 aliphatic heterocycles. The monoisotopic (exact) mass is 293 g/mol. The first-order valence-electron chi connectivity index (χ1n) is 6.60. The van der Waals surface area contributed by atoms with Crippen molar-refractivity contribution in [1.29, 1.82) is 0 Å². The number of carbonyl (C=O) groups is 1. The van der Waals surface area contributed by atoms with Crippen LogP contribution in [0.3, 0.4) is 0 Å². The molecular formula is C14H19N3O2S. The Morgan fingerprint density at radius 3 is 2.95 bits per heavy atom. The topological polar surface area (TPSA) is 67.0 Å². The largest absolute Gasteiger partial charge is 0.469 e. The van der Waals surface area contributed by atoms with Crippen molar-refractivity contribution < 1.29 is 9.53 Å². The van der Waals surface area contributed by atoms with Crippen LogP contribution >= 0.6 is 11.3 Å². The van der Waals surface area contributed by atoms with Gasteiger partial charge in [-0.25, -0.2) is 4.98 Å². The van der Waals surface area contributed by atoms with Gasteiger partial charge in [-0.3, -0.25) is 4.79 Å². The normalized spacial score (nSPS) is 12.3. The van der Waals surface area contributed by atoms with Crippen LogP contribution in [0.4, 0.5) is 0 Å². The molecule has 0 bridgehead atoms. The van der Waals surface area contributed by atoms with Gasteiger partial charge in [-0.05, 0) is 18.6 Å². The number of aromatic nitrogens is 2. The molecule has 0 radical (unpaired) electrons. The standard InChI is InChI=1S/C14H19N3O2S/c1-3-12(14-15-6-7-16-14)17-9-11-5-4-10(20-11)8-13(18)19-2/h4-7,12,17H,3,8-9H2,1-2H3,(H,15,16). The Morgan fingerprint density at radius 2 is 2.30 bits per heavy atom. The van der Waals surface area contributed by atoms with Gasteiger partial charge in [0.05, 0.1) is 19.6 Å². The molecule has 2 N–H and O–H groups in total. The van der Waals surface area contributed by atoms with E-state index in [4.69, 9.17) is 0 Å². The first-order chi connectivity index (χ1) is 9.72. The second-order valence-corrected chi connectivity index (χ2v) is 5.69. The average molecular weight is 293 g/mol. The summed E-state index contributed by atoms with van der Waals surface area (Å²) in [4.78, 5) is 20.9. The van der Waals surface area contributed by atoms with E-state index in [0.717, 1.165) is 23.7 Å². The van der Waals surface area contributed by atoms with E-state index in [1.807, 2.05) is 18.3 Å². The molecule has 1 atom stereocenters. The molecule has 6 heteroatoms. The van der Waals surface area contributed by atoms with Crippen LogP contribution in [0, 0.1) is 0 Å². The summed E-state index contributed by atoms with van der Waals surface area (Å²) in [6.07, 6.45) is 4.91. The molecule has 5 nitrogen and oxygen atoms in total. The van der Waals surface area contributed by atoms with Gasteiger partial charge in [-0.1, -0.05) is 6.92 Å². The Labute approximate surface area is 122 Å². The van der Waals surface area contributed by atoms with E-state index in [2.05, 4.69) is 26.9 Å². The van der Waals surface area contributed by atoms with Crippen LogP contribution in [0.1, 0.15) is 35.0 Å². The maximum Gasteiger partial charge on any atom is 0.310 e. The molecule has 0 saturated carbocycles. The molecule has 0 saturated heterocycles. The number of thiophene rings is 1. The quantitative estimate of drug-likeness (QED) is 0.769. The van der Waals surface area contributed by atoms with E-state index < -0.39 is 0 Å². The maximum absolute atomic E-state index is 11.2. The van der Waals surface area contributed by atoms with Crippen LogP contribution < -0.4 is 5.32 Å². The highest BCUT2D eigenvalue weighted by molar-refractivity contribution is 7.12. The van der Waals surface area contributed by atoms with E-state index >= 15 is 0 Å². The highest BCUT2D eigenvalue weighted by Crippen LogP contribution is 2.19. The van der Waals surface area contributed by atoms with Gasteiger partial charge in [0.2, 0.25) is 0 Å². The van der Waals surface area contributed by atoms with Gasteiger partial charge in [-0.15, -0.1) is 11.3 Å². The van der Waals surface area contributed by atoms with Crippen LogP contribution in [-0.4, -0.2) is 23.0 Å². The van der Waals surface area contributed by atoms with E-state index in [1.165, 1.54) is 12.0 Å². The lowest BCUT2D eigenvalue weighted by Gasteiger charge is -2.13. The molecule has 0 spiro atoms. The number of aromatic amines is 1. The minimum Gasteiger partial charge on any atom is -0.469 e. The van der Waals surface area contributed by atoms with Crippen LogP contribution in [0.25, 0.3) is 0 Å². The van der Waals surface area contributed by atoms with Gasteiger partial charge < -0.3 is 15.0 Å². The van der Waals surface area contributed by atoms with Crippen LogP contribution in [0.5, 0.6) is 0 Å². The molecule has 0 aliphatic rings. The van der Waals surface area contributed by atoms with Gasteiger partial charge >= 0.3 is 5.97 Å². The molecule has 20 heavy (non-hydrogen) atoms. The fourth-order valence-electron chi connectivity index (χ4n) is 1.95. The van der Waals surface area contributed by atoms with Crippen LogP contribution in [-0.2, 0) is 22.5 Å². The number of methoxy groups -OCH3 is 1. The number of nitrogens with zero attached hydrogens (tertiary/aromatic N) is 1. The lowest BCUT2D eigenvalue weighted by atomic mass is 10.2. The molecule has 2 heterocycles. The van der Waals surface area contributed by atoms with Crippen LogP contribution in [0.2, 0.25) is 0 Å². The minimum absolute atomic E-state index is 0.201. The summed E-state index contributed by atoms with van der Waals surface area (Å²) < 4.78 is 4.67. The first-order valence-corrected chi connectivity index (χ1v) is 7.41. The maximum atomic E-state index is 11.2. The molecule has 2 aromatic heterocycles. The summed E-state index contributed by atoms with van der Waals surface area (Å²) in [5, 5.41) is 3.47. The lowest BCUT2D eigenvalue weighted by molar-refractivity contribution is -0.139. The first kappa shape index (κ1) is 14.7. The van der Waals surface area contributed by atoms with Gasteiger partial charge in [0.15, 0.2) is 0 Å². The number of hydrogen-bond acceptors (Lipinski definition) is 5. The van der Waals surface area contributed by atoms with E-state index in [0.29, 0.717) is 6.42 Å². The molecule has 2 rings (SSSR count). The summed E-state index contributed by atoms with van der Waals surface area (Å²) in [6.45, 7) is 2.89. The molecule has 108 valence electrons. The number of ether oxygens (including phenoxy) is 1. The molecule has 1 unspecified atom stereocenters. The zero-order chi connectivity index (χ0) is 14.4. The molecule has 0 amide bonds. The number of esters is 1. The number of H-pyrrole nitrogens is 1. The van der Waals surface area contributed by atoms with Crippen molar-refractivity contribution in [2.24, 2.45) is 0 Å². The summed E-state index contributed by atoms with van der Waals surface area (Å²) in [6, 6.07) is 4.24. The fourth-order valence-corrected chi connectivity index (χ4v) is 2.91. The highest BCUT2D eigenvalue weighted by atomic mass is 32.1. The summed E-state index contributed by atoms with van der Waals surface area (Å²) in [5.41, 5.74) is 0. The highest BCUT2D eigenvalue weighted by Gasteiger charge is 2.12. The van der Waals surface area contributed by atoms with E-state index in [9.17, 15) is 4.79 Å². The Balaban J connectivity index is 1.89. The SMILES string of the molecule is CCC(NCc1ccc(CC(=O)OC)s1)c1ncc[nH]1. The second-order valence-electron chi connectivity index (χ2n) is 4.44. The van der Waals surface area contributed by atoms with Crippen molar-refractivity contribution in [3.8, 4) is 0 Å². The zero-order valence-corrected chi connectivity index (χ0v) is 12.5. The Kier molecular flexibility index (Phi) is 5.31. The fraction of sp³-hybridized carbons (Fsp3) is 0.429. The summed E-state index contributed by atoms with van der Waals surface area (Å²) in [7, 11) is 1.41. The zero-order valence-electron chi connectivity index (χ0n) is 11.7. The third-order valence-electron chi connectivity index (χ3n) is 3.04. The molecular weight excluding hydrogens is 274 g/mol. The van der Waals surface area contributed by atoms with E-state index in [-0.39, 0.29) is 12.0 Å². The Morgan fingerprint density at radius 1 is 1.50 bits per heavy atom.